The van der Waals surface area contributed by atoms with Crippen molar-refractivity contribution in [2.45, 2.75) is 13.8 Å². The fourth-order valence-electron chi connectivity index (χ4n) is 3.21. The number of ether oxygens (including phenoxy) is 3. The van der Waals surface area contributed by atoms with Crippen LogP contribution in [0.15, 0.2) is 53.6 Å². The van der Waals surface area contributed by atoms with Gasteiger partial charge in [-0.05, 0) is 56.3 Å². The van der Waals surface area contributed by atoms with E-state index in [1.165, 1.54) is 14.2 Å². The van der Waals surface area contributed by atoms with E-state index in [4.69, 9.17) is 14.2 Å². The van der Waals surface area contributed by atoms with Crippen LogP contribution in [0.4, 0.5) is 0 Å². The molecule has 0 radical (unpaired) electrons. The summed E-state index contributed by atoms with van der Waals surface area (Å²) in [4.78, 5) is 12.5. The smallest absolute Gasteiger partial charge is 0.271 e. The molecular weight excluding hydrogens is 382 g/mol. The molecule has 0 atom stereocenters. The standard InChI is InChI=1S/C23H25N3O4/c1-15-10-18(16(2)26(15)19-6-8-20(28-3)9-7-19)14-24-25-23(27)17-11-21(29-4)13-22(12-17)30-5/h6-14H,1-5H3,(H,25,27)/b24-14-. The quantitative estimate of drug-likeness (QED) is 0.476. The van der Waals surface area contributed by atoms with Gasteiger partial charge < -0.3 is 18.8 Å². The van der Waals surface area contributed by atoms with E-state index in [-0.39, 0.29) is 5.91 Å². The number of hydrazone groups is 1. The van der Waals surface area contributed by atoms with Crippen LogP contribution in [-0.4, -0.2) is 38.0 Å². The minimum atomic E-state index is -0.354. The third kappa shape index (κ3) is 4.46. The van der Waals surface area contributed by atoms with Crippen LogP contribution in [0.1, 0.15) is 27.3 Å². The maximum Gasteiger partial charge on any atom is 0.271 e. The number of rotatable bonds is 7. The van der Waals surface area contributed by atoms with E-state index in [2.05, 4.69) is 15.1 Å². The lowest BCUT2D eigenvalue weighted by Gasteiger charge is -2.10. The summed E-state index contributed by atoms with van der Waals surface area (Å²) in [6.07, 6.45) is 1.64. The molecule has 156 valence electrons. The number of methoxy groups -OCH3 is 3. The summed E-state index contributed by atoms with van der Waals surface area (Å²) in [5.41, 5.74) is 6.96. The third-order valence-electron chi connectivity index (χ3n) is 4.78. The Bertz CT molecular complexity index is 1050. The van der Waals surface area contributed by atoms with Gasteiger partial charge in [-0.15, -0.1) is 0 Å². The van der Waals surface area contributed by atoms with Crippen molar-refractivity contribution in [2.75, 3.05) is 21.3 Å². The average molecular weight is 407 g/mol. The number of aromatic nitrogens is 1. The van der Waals surface area contributed by atoms with Gasteiger partial charge in [0.1, 0.15) is 17.2 Å². The second kappa shape index (κ2) is 9.17. The molecule has 0 spiro atoms. The van der Waals surface area contributed by atoms with E-state index in [0.717, 1.165) is 28.4 Å². The summed E-state index contributed by atoms with van der Waals surface area (Å²) in [6.45, 7) is 4.03. The number of nitrogens with one attached hydrogen (secondary N) is 1. The monoisotopic (exact) mass is 407 g/mol. The fourth-order valence-corrected chi connectivity index (χ4v) is 3.21. The lowest BCUT2D eigenvalue weighted by atomic mass is 10.2. The molecule has 0 unspecified atom stereocenters. The van der Waals surface area contributed by atoms with Crippen LogP contribution in [0.25, 0.3) is 5.69 Å². The molecule has 2 aromatic carbocycles. The Hall–Kier alpha value is -3.74. The summed E-state index contributed by atoms with van der Waals surface area (Å²) in [6, 6.07) is 14.8. The SMILES string of the molecule is COc1ccc(-n2c(C)cc(/C=N\NC(=O)c3cc(OC)cc(OC)c3)c2C)cc1. The van der Waals surface area contributed by atoms with Gasteiger partial charge in [-0.25, -0.2) is 5.43 Å². The molecule has 0 saturated heterocycles. The van der Waals surface area contributed by atoms with Crippen molar-refractivity contribution in [3.63, 3.8) is 0 Å². The lowest BCUT2D eigenvalue weighted by molar-refractivity contribution is 0.0954. The molecule has 1 N–H and O–H groups in total. The van der Waals surface area contributed by atoms with Crippen molar-refractivity contribution in [1.29, 1.82) is 0 Å². The first-order chi connectivity index (χ1) is 14.5. The number of hydrogen-bond donors (Lipinski definition) is 1. The van der Waals surface area contributed by atoms with Gasteiger partial charge in [0, 0.05) is 34.3 Å². The van der Waals surface area contributed by atoms with E-state index >= 15 is 0 Å². The number of aryl methyl sites for hydroxylation is 1. The first-order valence-electron chi connectivity index (χ1n) is 9.36. The summed E-state index contributed by atoms with van der Waals surface area (Å²) < 4.78 is 17.7. The fraction of sp³-hybridized carbons (Fsp3) is 0.217. The average Bonchev–Trinajstić information content (AvgIpc) is 3.06. The Labute approximate surface area is 175 Å². The van der Waals surface area contributed by atoms with Crippen LogP contribution >= 0.6 is 0 Å². The lowest BCUT2D eigenvalue weighted by Crippen LogP contribution is -2.17. The first kappa shape index (κ1) is 21.0. The van der Waals surface area contributed by atoms with Crippen molar-refractivity contribution in [3.05, 3.63) is 71.0 Å². The topological polar surface area (TPSA) is 74.1 Å². The molecule has 30 heavy (non-hydrogen) atoms. The number of carbonyl (C=O) groups is 1. The van der Waals surface area contributed by atoms with Gasteiger partial charge in [0.25, 0.3) is 5.91 Å². The van der Waals surface area contributed by atoms with Gasteiger partial charge >= 0.3 is 0 Å². The number of nitrogens with zero attached hydrogens (tertiary/aromatic N) is 2. The Morgan fingerprint density at radius 2 is 1.50 bits per heavy atom. The Balaban J connectivity index is 1.77. The molecule has 0 fully saturated rings. The molecule has 0 aliphatic heterocycles. The van der Waals surface area contributed by atoms with Gasteiger partial charge in [0.2, 0.25) is 0 Å². The highest BCUT2D eigenvalue weighted by atomic mass is 16.5. The summed E-state index contributed by atoms with van der Waals surface area (Å²) in [7, 11) is 4.71. The maximum atomic E-state index is 12.5. The number of amides is 1. The van der Waals surface area contributed by atoms with Gasteiger partial charge in [-0.3, -0.25) is 4.79 Å². The van der Waals surface area contributed by atoms with Crippen LogP contribution in [0.2, 0.25) is 0 Å². The minimum Gasteiger partial charge on any atom is -0.497 e. The number of benzene rings is 2. The highest BCUT2D eigenvalue weighted by molar-refractivity contribution is 5.95. The zero-order valence-electron chi connectivity index (χ0n) is 17.7. The van der Waals surface area contributed by atoms with Gasteiger partial charge in [-0.2, -0.15) is 5.10 Å². The highest BCUT2D eigenvalue weighted by Gasteiger charge is 2.11. The second-order valence-corrected chi connectivity index (χ2v) is 6.66. The Morgan fingerprint density at radius 1 is 0.900 bits per heavy atom. The van der Waals surface area contributed by atoms with E-state index in [9.17, 15) is 4.79 Å². The molecule has 7 nitrogen and oxygen atoms in total. The Kier molecular flexibility index (Phi) is 6.41. The molecule has 1 amide bonds. The zero-order chi connectivity index (χ0) is 21.7. The van der Waals surface area contributed by atoms with Gasteiger partial charge in [0.05, 0.1) is 27.5 Å². The molecule has 0 aliphatic rings. The van der Waals surface area contributed by atoms with Crippen LogP contribution in [0.3, 0.4) is 0 Å². The minimum absolute atomic E-state index is 0.354. The molecule has 0 aliphatic carbocycles. The van der Waals surface area contributed by atoms with E-state index in [0.29, 0.717) is 17.1 Å². The summed E-state index contributed by atoms with van der Waals surface area (Å²) in [5, 5.41) is 4.13. The third-order valence-corrected chi connectivity index (χ3v) is 4.78. The molecule has 1 heterocycles. The number of carbonyl (C=O) groups excluding carboxylic acids is 1. The highest BCUT2D eigenvalue weighted by Crippen LogP contribution is 2.23. The van der Waals surface area contributed by atoms with Crippen molar-refractivity contribution in [3.8, 4) is 22.9 Å². The molecule has 7 heteroatoms. The molecule has 0 bridgehead atoms. The van der Waals surface area contributed by atoms with Crippen LogP contribution < -0.4 is 19.6 Å². The van der Waals surface area contributed by atoms with Crippen molar-refractivity contribution >= 4 is 12.1 Å². The van der Waals surface area contributed by atoms with Crippen molar-refractivity contribution < 1.29 is 19.0 Å². The van der Waals surface area contributed by atoms with E-state index in [1.807, 2.05) is 44.2 Å². The second-order valence-electron chi connectivity index (χ2n) is 6.66. The van der Waals surface area contributed by atoms with Crippen molar-refractivity contribution in [1.82, 2.24) is 9.99 Å². The van der Waals surface area contributed by atoms with Crippen molar-refractivity contribution in [2.24, 2.45) is 5.10 Å². The molecule has 3 aromatic rings. The van der Waals surface area contributed by atoms with E-state index in [1.54, 1.807) is 31.5 Å². The predicted molar refractivity (Wildman–Crippen MR) is 116 cm³/mol. The van der Waals surface area contributed by atoms with Crippen LogP contribution in [0, 0.1) is 13.8 Å². The largest absolute Gasteiger partial charge is 0.497 e. The number of hydrogen-bond acceptors (Lipinski definition) is 5. The van der Waals surface area contributed by atoms with Gasteiger partial charge in [-0.1, -0.05) is 0 Å². The first-order valence-corrected chi connectivity index (χ1v) is 9.36. The van der Waals surface area contributed by atoms with E-state index < -0.39 is 0 Å². The van der Waals surface area contributed by atoms with Gasteiger partial charge in [0.15, 0.2) is 0 Å². The molecule has 3 rings (SSSR count). The Morgan fingerprint density at radius 3 is 2.07 bits per heavy atom. The molecule has 0 saturated carbocycles. The van der Waals surface area contributed by atoms with Crippen LogP contribution in [0.5, 0.6) is 17.2 Å². The molecular formula is C23H25N3O4. The van der Waals surface area contributed by atoms with Crippen LogP contribution in [-0.2, 0) is 0 Å². The summed E-state index contributed by atoms with van der Waals surface area (Å²) >= 11 is 0. The maximum absolute atomic E-state index is 12.5. The summed E-state index contributed by atoms with van der Waals surface area (Å²) in [5.74, 6) is 1.52. The predicted octanol–water partition coefficient (Wildman–Crippen LogP) is 3.88. The molecule has 1 aromatic heterocycles. The normalized spacial score (nSPS) is 10.8. The zero-order valence-corrected chi connectivity index (χ0v) is 17.7.